The summed E-state index contributed by atoms with van der Waals surface area (Å²) in [5.41, 5.74) is 1.19. The number of allylic oxidation sites excluding steroid dienone is 1. The summed E-state index contributed by atoms with van der Waals surface area (Å²) < 4.78 is 5.00. The molecule has 0 fully saturated rings. The van der Waals surface area contributed by atoms with Crippen LogP contribution in [0, 0.1) is 10.1 Å². The molecule has 0 aromatic heterocycles. The van der Waals surface area contributed by atoms with Crippen LogP contribution >= 0.6 is 0 Å². The average Bonchev–Trinajstić information content (AvgIpc) is 2.36. The Bertz CT molecular complexity index is 522. The molecule has 0 radical (unpaired) electrons. The predicted molar refractivity (Wildman–Crippen MR) is 71.2 cm³/mol. The van der Waals surface area contributed by atoms with E-state index in [4.69, 9.17) is 4.74 Å². The van der Waals surface area contributed by atoms with Gasteiger partial charge in [-0.15, -0.1) is 0 Å². The highest BCUT2D eigenvalue weighted by Crippen LogP contribution is 2.28. The molecule has 102 valence electrons. The Morgan fingerprint density at radius 2 is 2.11 bits per heavy atom. The number of hydrogen-bond acceptors (Lipinski definition) is 4. The molecule has 19 heavy (non-hydrogen) atoms. The van der Waals surface area contributed by atoms with E-state index in [1.165, 1.54) is 25.3 Å². The highest BCUT2D eigenvalue weighted by Gasteiger charge is 2.12. The van der Waals surface area contributed by atoms with Crippen LogP contribution in [0.15, 0.2) is 30.0 Å². The molecular weight excluding hydrogens is 250 g/mol. The summed E-state index contributed by atoms with van der Waals surface area (Å²) in [6.45, 7) is 3.68. The quantitative estimate of drug-likeness (QED) is 0.646. The maximum Gasteiger partial charge on any atom is 0.323 e. The van der Waals surface area contributed by atoms with Crippen LogP contribution in [0.1, 0.15) is 13.8 Å². The molecule has 1 aromatic rings. The third-order valence-electron chi connectivity index (χ3n) is 2.14. The van der Waals surface area contributed by atoms with Crippen molar-refractivity contribution in [3.8, 4) is 5.75 Å². The largest absolute Gasteiger partial charge is 0.494 e. The van der Waals surface area contributed by atoms with Crippen LogP contribution in [0.25, 0.3) is 0 Å². The molecule has 1 aromatic carbocycles. The number of non-ortho nitro benzene ring substituents is 1. The van der Waals surface area contributed by atoms with Crippen molar-refractivity contribution in [3.05, 3.63) is 40.1 Å². The van der Waals surface area contributed by atoms with Crippen LogP contribution in [-0.2, 0) is 0 Å². The molecule has 0 aliphatic carbocycles. The molecule has 2 amide bonds. The Hall–Kier alpha value is -2.57. The van der Waals surface area contributed by atoms with E-state index in [0.717, 1.165) is 5.57 Å². The summed E-state index contributed by atoms with van der Waals surface area (Å²) in [7, 11) is 1.37. The third kappa shape index (κ3) is 4.30. The van der Waals surface area contributed by atoms with Crippen molar-refractivity contribution in [3.63, 3.8) is 0 Å². The predicted octanol–water partition coefficient (Wildman–Crippen LogP) is 2.65. The summed E-state index contributed by atoms with van der Waals surface area (Å²) >= 11 is 0. The van der Waals surface area contributed by atoms with E-state index in [-0.39, 0.29) is 11.4 Å². The van der Waals surface area contributed by atoms with Crippen molar-refractivity contribution in [2.24, 2.45) is 0 Å². The lowest BCUT2D eigenvalue weighted by molar-refractivity contribution is -0.384. The standard InChI is InChI=1S/C12H15N3O4/c1-8(2)7-13-12(16)14-10-5-4-9(15(17)18)6-11(10)19-3/h4-7H,1-3H3,(H2,13,14,16). The normalized spacial score (nSPS) is 9.42. The maximum absolute atomic E-state index is 11.5. The number of urea groups is 1. The van der Waals surface area contributed by atoms with E-state index in [9.17, 15) is 14.9 Å². The third-order valence-corrected chi connectivity index (χ3v) is 2.14. The molecule has 7 nitrogen and oxygen atoms in total. The van der Waals surface area contributed by atoms with Crippen LogP contribution in [0.3, 0.4) is 0 Å². The average molecular weight is 265 g/mol. The van der Waals surface area contributed by atoms with Crippen molar-refractivity contribution in [2.75, 3.05) is 12.4 Å². The number of carbonyl (C=O) groups excluding carboxylic acids is 1. The molecule has 1 rings (SSSR count). The highest BCUT2D eigenvalue weighted by molar-refractivity contribution is 5.91. The zero-order valence-electron chi connectivity index (χ0n) is 10.9. The second-order valence-electron chi connectivity index (χ2n) is 3.96. The monoisotopic (exact) mass is 265 g/mol. The molecule has 0 unspecified atom stereocenters. The van der Waals surface area contributed by atoms with Crippen LogP contribution in [0.4, 0.5) is 16.2 Å². The van der Waals surface area contributed by atoms with E-state index in [1.807, 2.05) is 13.8 Å². The van der Waals surface area contributed by atoms with E-state index < -0.39 is 11.0 Å². The SMILES string of the molecule is COc1cc([N+](=O)[O-])ccc1NC(=O)NC=C(C)C. The van der Waals surface area contributed by atoms with Gasteiger partial charge in [-0.1, -0.05) is 5.57 Å². The molecule has 0 saturated carbocycles. The van der Waals surface area contributed by atoms with Crippen molar-refractivity contribution in [2.45, 2.75) is 13.8 Å². The lowest BCUT2D eigenvalue weighted by Crippen LogP contribution is -2.24. The summed E-state index contributed by atoms with van der Waals surface area (Å²) in [6, 6.07) is 3.50. The zero-order chi connectivity index (χ0) is 14.4. The van der Waals surface area contributed by atoms with Crippen LogP contribution < -0.4 is 15.4 Å². The summed E-state index contributed by atoms with van der Waals surface area (Å²) in [4.78, 5) is 21.6. The lowest BCUT2D eigenvalue weighted by atomic mass is 10.2. The Morgan fingerprint density at radius 1 is 1.42 bits per heavy atom. The number of anilines is 1. The van der Waals surface area contributed by atoms with E-state index >= 15 is 0 Å². The van der Waals surface area contributed by atoms with Crippen molar-refractivity contribution >= 4 is 17.4 Å². The van der Waals surface area contributed by atoms with Crippen LogP contribution in [-0.4, -0.2) is 18.1 Å². The zero-order valence-corrected chi connectivity index (χ0v) is 10.9. The molecule has 0 aliphatic heterocycles. The first-order valence-electron chi connectivity index (χ1n) is 5.47. The number of amides is 2. The molecule has 0 bridgehead atoms. The molecule has 0 heterocycles. The number of hydrogen-bond donors (Lipinski definition) is 2. The van der Waals surface area contributed by atoms with Gasteiger partial charge in [-0.05, 0) is 19.9 Å². The van der Waals surface area contributed by atoms with E-state index in [2.05, 4.69) is 10.6 Å². The minimum atomic E-state index is -0.532. The first kappa shape index (κ1) is 14.5. The fraction of sp³-hybridized carbons (Fsp3) is 0.250. The van der Waals surface area contributed by atoms with Crippen molar-refractivity contribution in [1.29, 1.82) is 0 Å². The van der Waals surface area contributed by atoms with Gasteiger partial charge in [0, 0.05) is 12.3 Å². The second-order valence-corrected chi connectivity index (χ2v) is 3.96. The molecule has 7 heteroatoms. The van der Waals surface area contributed by atoms with Gasteiger partial charge < -0.3 is 15.4 Å². The minimum absolute atomic E-state index is 0.105. The fourth-order valence-corrected chi connectivity index (χ4v) is 1.27. The number of nitro groups is 1. The molecule has 0 atom stereocenters. The number of methoxy groups -OCH3 is 1. The first-order valence-corrected chi connectivity index (χ1v) is 5.47. The van der Waals surface area contributed by atoms with Gasteiger partial charge in [-0.25, -0.2) is 4.79 Å². The van der Waals surface area contributed by atoms with Gasteiger partial charge in [0.15, 0.2) is 0 Å². The van der Waals surface area contributed by atoms with Crippen molar-refractivity contribution in [1.82, 2.24) is 5.32 Å². The molecular formula is C12H15N3O4. The van der Waals surface area contributed by atoms with Gasteiger partial charge in [0.2, 0.25) is 0 Å². The molecule has 0 saturated heterocycles. The number of nitro benzene ring substituents is 1. The number of carbonyl (C=O) groups is 1. The minimum Gasteiger partial charge on any atom is -0.494 e. The number of nitrogens with one attached hydrogen (secondary N) is 2. The van der Waals surface area contributed by atoms with Gasteiger partial charge in [-0.3, -0.25) is 10.1 Å². The number of rotatable bonds is 4. The molecule has 0 aliphatic rings. The summed E-state index contributed by atoms with van der Waals surface area (Å²) in [5.74, 6) is 0.224. The van der Waals surface area contributed by atoms with E-state index in [1.54, 1.807) is 6.20 Å². The Kier molecular flexibility index (Phi) is 4.87. The number of nitrogens with zero attached hydrogens (tertiary/aromatic N) is 1. The molecule has 2 N–H and O–H groups in total. The Balaban J connectivity index is 2.86. The van der Waals surface area contributed by atoms with Gasteiger partial charge in [0.25, 0.3) is 5.69 Å². The Morgan fingerprint density at radius 3 is 2.63 bits per heavy atom. The fourth-order valence-electron chi connectivity index (χ4n) is 1.27. The summed E-state index contributed by atoms with van der Waals surface area (Å²) in [5, 5.41) is 15.7. The second kappa shape index (κ2) is 6.39. The maximum atomic E-state index is 11.5. The number of ether oxygens (including phenoxy) is 1. The topological polar surface area (TPSA) is 93.5 Å². The van der Waals surface area contributed by atoms with Crippen LogP contribution in [0.5, 0.6) is 5.75 Å². The lowest BCUT2D eigenvalue weighted by Gasteiger charge is -2.09. The molecule has 0 spiro atoms. The van der Waals surface area contributed by atoms with E-state index in [0.29, 0.717) is 5.69 Å². The first-order chi connectivity index (χ1) is 8.93. The van der Waals surface area contributed by atoms with Crippen LogP contribution in [0.2, 0.25) is 0 Å². The van der Waals surface area contributed by atoms with Crippen molar-refractivity contribution < 1.29 is 14.5 Å². The highest BCUT2D eigenvalue weighted by atomic mass is 16.6. The smallest absolute Gasteiger partial charge is 0.323 e. The summed E-state index contributed by atoms with van der Waals surface area (Å²) in [6.07, 6.45) is 1.55. The van der Waals surface area contributed by atoms with Gasteiger partial charge >= 0.3 is 6.03 Å². The van der Waals surface area contributed by atoms with Gasteiger partial charge in [-0.2, -0.15) is 0 Å². The number of benzene rings is 1. The van der Waals surface area contributed by atoms with Gasteiger partial charge in [0.1, 0.15) is 5.75 Å². The Labute approximate surface area is 110 Å². The van der Waals surface area contributed by atoms with Gasteiger partial charge in [0.05, 0.1) is 23.8 Å².